The van der Waals surface area contributed by atoms with Gasteiger partial charge in [0.1, 0.15) is 5.75 Å². The molecule has 0 aliphatic carbocycles. The summed E-state index contributed by atoms with van der Waals surface area (Å²) in [5.41, 5.74) is -0.757. The Morgan fingerprint density at radius 1 is 1.08 bits per heavy atom. The van der Waals surface area contributed by atoms with Gasteiger partial charge in [-0.25, -0.2) is 0 Å². The predicted octanol–water partition coefficient (Wildman–Crippen LogP) is 6.36. The molecule has 7 nitrogen and oxygen atoms in total. The van der Waals surface area contributed by atoms with Crippen molar-refractivity contribution in [2.45, 2.75) is 10.5 Å². The zero-order chi connectivity index (χ0) is 25.9. The van der Waals surface area contributed by atoms with E-state index in [9.17, 15) is 22.8 Å². The third kappa shape index (κ3) is 5.89. The van der Waals surface area contributed by atoms with Gasteiger partial charge in [0.05, 0.1) is 34.7 Å². The van der Waals surface area contributed by atoms with E-state index in [1.807, 2.05) is 30.3 Å². The normalized spacial score (nSPS) is 11.4. The highest BCUT2D eigenvalue weighted by molar-refractivity contribution is 8.01. The second kappa shape index (κ2) is 10.7. The number of alkyl halides is 3. The number of thioether (sulfide) groups is 1. The lowest BCUT2D eigenvalue weighted by Gasteiger charge is -2.11. The van der Waals surface area contributed by atoms with Gasteiger partial charge in [0.15, 0.2) is 4.34 Å². The standard InChI is InChI=1S/C23H16ClF3N4O3S2/c1-34-19-14-5-3-2-4-12(14)6-8-15(19)20(33)29-21-30-31-22(36-21)35-11-18(32)28-17-10-13(23(25,26)27)7-9-16(17)24/h2-10H,11H2,1H3,(H,28,32)(H,29,30,33). The van der Waals surface area contributed by atoms with E-state index in [-0.39, 0.29) is 21.6 Å². The van der Waals surface area contributed by atoms with Gasteiger partial charge in [0.25, 0.3) is 5.91 Å². The number of fused-ring (bicyclic) bond motifs is 1. The fourth-order valence-corrected chi connectivity index (χ4v) is 4.95. The Hall–Kier alpha value is -3.35. The van der Waals surface area contributed by atoms with Gasteiger partial charge in [-0.15, -0.1) is 10.2 Å². The van der Waals surface area contributed by atoms with Crippen LogP contribution in [0, 0.1) is 0 Å². The molecule has 0 unspecified atom stereocenters. The first kappa shape index (κ1) is 25.7. The number of amides is 2. The average Bonchev–Trinajstić information content (AvgIpc) is 3.29. The summed E-state index contributed by atoms with van der Waals surface area (Å²) in [4.78, 5) is 25.1. The zero-order valence-corrected chi connectivity index (χ0v) is 20.7. The minimum atomic E-state index is -4.57. The smallest absolute Gasteiger partial charge is 0.416 e. The lowest BCUT2D eigenvalue weighted by molar-refractivity contribution is -0.137. The monoisotopic (exact) mass is 552 g/mol. The minimum absolute atomic E-state index is 0.0219. The van der Waals surface area contributed by atoms with Crippen molar-refractivity contribution in [1.82, 2.24) is 10.2 Å². The molecule has 0 atom stereocenters. The molecule has 0 saturated heterocycles. The maximum absolute atomic E-state index is 12.9. The van der Waals surface area contributed by atoms with Gasteiger partial charge in [-0.3, -0.25) is 14.9 Å². The second-order valence-corrected chi connectivity index (χ2v) is 9.83. The number of carbonyl (C=O) groups excluding carboxylic acids is 2. The largest absolute Gasteiger partial charge is 0.495 e. The quantitative estimate of drug-likeness (QED) is 0.205. The van der Waals surface area contributed by atoms with Crippen LogP contribution < -0.4 is 15.4 Å². The molecule has 36 heavy (non-hydrogen) atoms. The molecule has 3 aromatic carbocycles. The third-order valence-electron chi connectivity index (χ3n) is 4.85. The number of nitrogens with one attached hydrogen (secondary N) is 2. The summed E-state index contributed by atoms with van der Waals surface area (Å²) in [7, 11) is 1.48. The Morgan fingerprint density at radius 3 is 2.61 bits per heavy atom. The molecule has 1 heterocycles. The Balaban J connectivity index is 1.38. The number of halogens is 4. The van der Waals surface area contributed by atoms with E-state index in [0.717, 1.165) is 52.1 Å². The summed E-state index contributed by atoms with van der Waals surface area (Å²) in [5.74, 6) is -0.756. The van der Waals surface area contributed by atoms with Crippen molar-refractivity contribution >= 4 is 68.1 Å². The number of hydrogen-bond acceptors (Lipinski definition) is 7. The molecule has 4 rings (SSSR count). The van der Waals surface area contributed by atoms with Gasteiger partial charge in [0, 0.05) is 5.39 Å². The van der Waals surface area contributed by atoms with Crippen molar-refractivity contribution < 1.29 is 27.5 Å². The van der Waals surface area contributed by atoms with E-state index in [1.165, 1.54) is 7.11 Å². The van der Waals surface area contributed by atoms with Gasteiger partial charge >= 0.3 is 6.18 Å². The van der Waals surface area contributed by atoms with E-state index < -0.39 is 23.6 Å². The molecule has 4 aromatic rings. The molecular weight excluding hydrogens is 537 g/mol. The first-order valence-corrected chi connectivity index (χ1v) is 12.3. The maximum atomic E-state index is 12.9. The Labute approximate surface area is 216 Å². The molecule has 0 fully saturated rings. The molecule has 13 heteroatoms. The van der Waals surface area contributed by atoms with Gasteiger partial charge in [-0.1, -0.05) is 65.0 Å². The molecule has 2 amide bonds. The minimum Gasteiger partial charge on any atom is -0.495 e. The molecule has 0 aliphatic heterocycles. The Bertz CT molecular complexity index is 1450. The third-order valence-corrected chi connectivity index (χ3v) is 7.15. The zero-order valence-electron chi connectivity index (χ0n) is 18.4. The predicted molar refractivity (Wildman–Crippen MR) is 134 cm³/mol. The number of methoxy groups -OCH3 is 1. The van der Waals surface area contributed by atoms with Crippen LogP contribution in [0.15, 0.2) is 58.9 Å². The number of aromatic nitrogens is 2. The van der Waals surface area contributed by atoms with Crippen molar-refractivity contribution in [3.8, 4) is 5.75 Å². The number of benzene rings is 3. The fraction of sp³-hybridized carbons (Fsp3) is 0.130. The summed E-state index contributed by atoms with van der Waals surface area (Å²) < 4.78 is 44.6. The van der Waals surface area contributed by atoms with Crippen LogP contribution in [0.3, 0.4) is 0 Å². The summed E-state index contributed by atoms with van der Waals surface area (Å²) in [5, 5.41) is 14.8. The highest BCUT2D eigenvalue weighted by Crippen LogP contribution is 2.34. The van der Waals surface area contributed by atoms with Crippen LogP contribution in [0.1, 0.15) is 15.9 Å². The van der Waals surface area contributed by atoms with Crippen molar-refractivity contribution in [2.24, 2.45) is 0 Å². The van der Waals surface area contributed by atoms with Crippen molar-refractivity contribution in [3.63, 3.8) is 0 Å². The van der Waals surface area contributed by atoms with Crippen LogP contribution in [0.25, 0.3) is 10.8 Å². The highest BCUT2D eigenvalue weighted by atomic mass is 35.5. The van der Waals surface area contributed by atoms with Crippen LogP contribution in [-0.2, 0) is 11.0 Å². The fourth-order valence-electron chi connectivity index (χ4n) is 3.24. The number of nitrogens with zero attached hydrogens (tertiary/aromatic N) is 2. The molecule has 0 aliphatic rings. The Morgan fingerprint density at radius 2 is 1.86 bits per heavy atom. The molecule has 1 aromatic heterocycles. The van der Waals surface area contributed by atoms with Crippen LogP contribution in [0.2, 0.25) is 5.02 Å². The molecule has 0 bridgehead atoms. The number of rotatable bonds is 7. The lowest BCUT2D eigenvalue weighted by atomic mass is 10.0. The van der Waals surface area contributed by atoms with Gasteiger partial charge < -0.3 is 10.1 Å². The molecule has 0 saturated carbocycles. The molecule has 0 spiro atoms. The molecule has 0 radical (unpaired) electrons. The number of anilines is 2. The summed E-state index contributed by atoms with van der Waals surface area (Å²) in [6, 6.07) is 13.6. The second-order valence-electron chi connectivity index (χ2n) is 7.22. The first-order valence-electron chi connectivity index (χ1n) is 10.2. The van der Waals surface area contributed by atoms with Crippen molar-refractivity contribution in [2.75, 3.05) is 23.5 Å². The van der Waals surface area contributed by atoms with Crippen LogP contribution in [-0.4, -0.2) is 34.9 Å². The Kier molecular flexibility index (Phi) is 7.67. The lowest BCUT2D eigenvalue weighted by Crippen LogP contribution is -2.15. The average molecular weight is 553 g/mol. The summed E-state index contributed by atoms with van der Waals surface area (Å²) >= 11 is 7.96. The maximum Gasteiger partial charge on any atom is 0.416 e. The molecular formula is C23H16ClF3N4O3S2. The van der Waals surface area contributed by atoms with Gasteiger partial charge in [-0.2, -0.15) is 13.2 Å². The van der Waals surface area contributed by atoms with Crippen LogP contribution >= 0.6 is 34.7 Å². The van der Waals surface area contributed by atoms with Crippen molar-refractivity contribution in [3.05, 3.63) is 70.7 Å². The van der Waals surface area contributed by atoms with E-state index in [2.05, 4.69) is 20.8 Å². The molecule has 2 N–H and O–H groups in total. The van der Waals surface area contributed by atoms with Crippen LogP contribution in [0.5, 0.6) is 5.75 Å². The summed E-state index contributed by atoms with van der Waals surface area (Å²) in [6.45, 7) is 0. The SMILES string of the molecule is COc1c(C(=O)Nc2nnc(SCC(=O)Nc3cc(C(F)(F)F)ccc3Cl)s2)ccc2ccccc12. The van der Waals surface area contributed by atoms with E-state index in [4.69, 9.17) is 16.3 Å². The number of hydrogen-bond donors (Lipinski definition) is 2. The number of ether oxygens (including phenoxy) is 1. The van der Waals surface area contributed by atoms with E-state index >= 15 is 0 Å². The van der Waals surface area contributed by atoms with E-state index in [1.54, 1.807) is 6.07 Å². The molecule has 186 valence electrons. The highest BCUT2D eigenvalue weighted by Gasteiger charge is 2.31. The van der Waals surface area contributed by atoms with Gasteiger partial charge in [-0.05, 0) is 29.7 Å². The topological polar surface area (TPSA) is 93.2 Å². The van der Waals surface area contributed by atoms with E-state index in [0.29, 0.717) is 15.7 Å². The first-order chi connectivity index (χ1) is 17.2. The summed E-state index contributed by atoms with van der Waals surface area (Å²) in [6.07, 6.45) is -4.57. The van der Waals surface area contributed by atoms with Gasteiger partial charge in [0.2, 0.25) is 11.0 Å². The number of carbonyl (C=O) groups is 2. The van der Waals surface area contributed by atoms with Crippen LogP contribution in [0.4, 0.5) is 24.0 Å². The van der Waals surface area contributed by atoms with Crippen molar-refractivity contribution in [1.29, 1.82) is 0 Å².